The van der Waals surface area contributed by atoms with Crippen molar-refractivity contribution in [3.8, 4) is 5.69 Å². The zero-order valence-electron chi connectivity index (χ0n) is 16.4. The van der Waals surface area contributed by atoms with Gasteiger partial charge in [0.2, 0.25) is 0 Å². The lowest BCUT2D eigenvalue weighted by Gasteiger charge is -2.19. The lowest BCUT2D eigenvalue weighted by molar-refractivity contribution is 0.559. The van der Waals surface area contributed by atoms with Gasteiger partial charge >= 0.3 is 0 Å². The van der Waals surface area contributed by atoms with Crippen LogP contribution in [-0.4, -0.2) is 54.8 Å². The number of guanidine groups is 1. The molecule has 0 amide bonds. The Kier molecular flexibility index (Phi) is 7.01. The Morgan fingerprint density at radius 3 is 2.37 bits per heavy atom. The lowest BCUT2D eigenvalue weighted by Crippen LogP contribution is -2.42. The van der Waals surface area contributed by atoms with Crippen molar-refractivity contribution in [2.75, 3.05) is 25.9 Å². The Balaban J connectivity index is 1.76. The van der Waals surface area contributed by atoms with Crippen molar-refractivity contribution in [2.45, 2.75) is 31.9 Å². The molecule has 2 rings (SSSR count). The second-order valence-corrected chi connectivity index (χ2v) is 10.1. The van der Waals surface area contributed by atoms with E-state index in [2.05, 4.69) is 32.9 Å². The maximum atomic E-state index is 12.1. The van der Waals surface area contributed by atoms with Crippen molar-refractivity contribution < 1.29 is 8.42 Å². The zero-order chi connectivity index (χ0) is 19.9. The molecule has 2 aromatic rings. The number of rotatable bonds is 7. The molecule has 0 saturated carbocycles. The summed E-state index contributed by atoms with van der Waals surface area (Å²) >= 11 is 0. The highest BCUT2D eigenvalue weighted by atomic mass is 32.2. The van der Waals surface area contributed by atoms with E-state index in [4.69, 9.17) is 0 Å². The van der Waals surface area contributed by atoms with Gasteiger partial charge in [0, 0.05) is 32.5 Å². The van der Waals surface area contributed by atoms with Crippen LogP contribution in [0.3, 0.4) is 0 Å². The van der Waals surface area contributed by atoms with E-state index in [1.54, 1.807) is 34.0 Å². The third-order valence-corrected chi connectivity index (χ3v) is 6.84. The van der Waals surface area contributed by atoms with E-state index in [9.17, 15) is 8.42 Å². The minimum atomic E-state index is -3.14. The molecule has 148 valence electrons. The molecule has 0 spiro atoms. The molecule has 0 bridgehead atoms. The Hall–Kier alpha value is -2.35. The number of nitrogens with one attached hydrogen (secondary N) is 2. The second-order valence-electron chi connectivity index (χ2n) is 7.22. The molecule has 1 heterocycles. The third kappa shape index (κ3) is 6.09. The lowest BCUT2D eigenvalue weighted by atomic mass is 10.1. The van der Waals surface area contributed by atoms with Gasteiger partial charge in [-0.1, -0.05) is 12.1 Å². The molecule has 2 N–H and O–H groups in total. The van der Waals surface area contributed by atoms with Crippen LogP contribution in [0.15, 0.2) is 47.7 Å². The molecule has 0 aliphatic rings. The standard InChI is InChI=1S/C19H29N5O2S/c1-19(2,3)27(25,26)15-13-22-18(20-4)21-12-10-16-6-8-17(9-7-16)24-14-5-11-23-24/h5-9,11,14H,10,12-13,15H2,1-4H3,(H2,20,21,22). The van der Waals surface area contributed by atoms with Crippen LogP contribution in [0.2, 0.25) is 0 Å². The summed E-state index contributed by atoms with van der Waals surface area (Å²) in [6.07, 6.45) is 4.50. The van der Waals surface area contributed by atoms with E-state index in [1.807, 2.05) is 29.1 Å². The van der Waals surface area contributed by atoms with E-state index < -0.39 is 14.6 Å². The van der Waals surface area contributed by atoms with Crippen molar-refractivity contribution in [1.29, 1.82) is 0 Å². The summed E-state index contributed by atoms with van der Waals surface area (Å²) in [6.45, 7) is 6.18. The molecule has 1 aromatic carbocycles. The fourth-order valence-corrected chi connectivity index (χ4v) is 3.38. The van der Waals surface area contributed by atoms with Gasteiger partial charge in [-0.3, -0.25) is 4.99 Å². The first-order valence-corrected chi connectivity index (χ1v) is 10.6. The number of benzene rings is 1. The summed E-state index contributed by atoms with van der Waals surface area (Å²) in [5.41, 5.74) is 2.22. The molecular formula is C19H29N5O2S. The average Bonchev–Trinajstić information content (AvgIpc) is 3.14. The van der Waals surface area contributed by atoms with Gasteiger partial charge in [-0.05, 0) is 51.0 Å². The van der Waals surface area contributed by atoms with Crippen molar-refractivity contribution in [3.05, 3.63) is 48.3 Å². The summed E-state index contributed by atoms with van der Waals surface area (Å²) < 4.78 is 25.3. The molecule has 0 aliphatic heterocycles. The molecule has 7 nitrogen and oxygen atoms in total. The smallest absolute Gasteiger partial charge is 0.191 e. The predicted octanol–water partition coefficient (Wildman–Crippen LogP) is 1.79. The van der Waals surface area contributed by atoms with Crippen LogP contribution in [0.1, 0.15) is 26.3 Å². The first kappa shape index (κ1) is 21.0. The number of aliphatic imine (C=N–C) groups is 1. The highest BCUT2D eigenvalue weighted by molar-refractivity contribution is 7.92. The summed E-state index contributed by atoms with van der Waals surface area (Å²) in [5.74, 6) is 0.679. The molecule has 8 heteroatoms. The number of sulfone groups is 1. The van der Waals surface area contributed by atoms with Crippen LogP contribution in [0.5, 0.6) is 0 Å². The van der Waals surface area contributed by atoms with Gasteiger partial charge in [-0.25, -0.2) is 13.1 Å². The fraction of sp³-hybridized carbons (Fsp3) is 0.474. The van der Waals surface area contributed by atoms with Gasteiger partial charge in [0.1, 0.15) is 0 Å². The van der Waals surface area contributed by atoms with Crippen LogP contribution in [0.25, 0.3) is 5.69 Å². The molecule has 0 fully saturated rings. The van der Waals surface area contributed by atoms with Crippen LogP contribution in [-0.2, 0) is 16.3 Å². The van der Waals surface area contributed by atoms with Gasteiger partial charge < -0.3 is 10.6 Å². The van der Waals surface area contributed by atoms with Gasteiger partial charge in [0.05, 0.1) is 16.2 Å². The van der Waals surface area contributed by atoms with Gasteiger partial charge in [0.15, 0.2) is 15.8 Å². The zero-order valence-corrected chi connectivity index (χ0v) is 17.3. The minimum Gasteiger partial charge on any atom is -0.356 e. The first-order valence-electron chi connectivity index (χ1n) is 8.99. The summed E-state index contributed by atoms with van der Waals surface area (Å²) in [7, 11) is -1.47. The first-order chi connectivity index (χ1) is 12.7. The Morgan fingerprint density at radius 1 is 1.15 bits per heavy atom. The summed E-state index contributed by atoms with van der Waals surface area (Å²) in [4.78, 5) is 4.14. The molecule has 0 aliphatic carbocycles. The van der Waals surface area contributed by atoms with Crippen LogP contribution in [0.4, 0.5) is 0 Å². The summed E-state index contributed by atoms with van der Waals surface area (Å²) in [5, 5.41) is 10.5. The molecule has 0 radical (unpaired) electrons. The van der Waals surface area contributed by atoms with Crippen molar-refractivity contribution in [3.63, 3.8) is 0 Å². The molecule has 0 unspecified atom stereocenters. The number of hydrogen-bond donors (Lipinski definition) is 2. The Morgan fingerprint density at radius 2 is 1.81 bits per heavy atom. The van der Waals surface area contributed by atoms with Crippen molar-refractivity contribution in [1.82, 2.24) is 20.4 Å². The van der Waals surface area contributed by atoms with Crippen molar-refractivity contribution in [2.24, 2.45) is 4.99 Å². The van der Waals surface area contributed by atoms with E-state index in [0.29, 0.717) is 19.0 Å². The van der Waals surface area contributed by atoms with Gasteiger partial charge in [-0.15, -0.1) is 0 Å². The van der Waals surface area contributed by atoms with E-state index in [-0.39, 0.29) is 5.75 Å². The van der Waals surface area contributed by atoms with E-state index in [0.717, 1.165) is 12.1 Å². The number of aromatic nitrogens is 2. The normalized spacial score (nSPS) is 12.8. The predicted molar refractivity (Wildman–Crippen MR) is 110 cm³/mol. The topological polar surface area (TPSA) is 88.4 Å². The maximum absolute atomic E-state index is 12.1. The SMILES string of the molecule is CN=C(NCCc1ccc(-n2cccn2)cc1)NCCS(=O)(=O)C(C)(C)C. The highest BCUT2D eigenvalue weighted by Gasteiger charge is 2.28. The molecular weight excluding hydrogens is 362 g/mol. The second kappa shape index (κ2) is 9.03. The molecule has 27 heavy (non-hydrogen) atoms. The Labute approximate surface area is 161 Å². The van der Waals surface area contributed by atoms with Gasteiger partial charge in [-0.2, -0.15) is 5.10 Å². The maximum Gasteiger partial charge on any atom is 0.191 e. The van der Waals surface area contributed by atoms with Gasteiger partial charge in [0.25, 0.3) is 0 Å². The number of nitrogens with zero attached hydrogens (tertiary/aromatic N) is 3. The van der Waals surface area contributed by atoms with Crippen LogP contribution >= 0.6 is 0 Å². The largest absolute Gasteiger partial charge is 0.356 e. The van der Waals surface area contributed by atoms with E-state index in [1.165, 1.54) is 5.56 Å². The third-order valence-electron chi connectivity index (χ3n) is 4.23. The monoisotopic (exact) mass is 391 g/mol. The fourth-order valence-electron chi connectivity index (χ4n) is 2.39. The quantitative estimate of drug-likeness (QED) is 0.555. The average molecular weight is 392 g/mol. The van der Waals surface area contributed by atoms with Crippen LogP contribution < -0.4 is 10.6 Å². The van der Waals surface area contributed by atoms with E-state index >= 15 is 0 Å². The van der Waals surface area contributed by atoms with Crippen LogP contribution in [0, 0.1) is 0 Å². The summed E-state index contributed by atoms with van der Waals surface area (Å²) in [6, 6.07) is 10.1. The van der Waals surface area contributed by atoms with Crippen molar-refractivity contribution >= 4 is 15.8 Å². The molecule has 0 atom stereocenters. The number of hydrogen-bond acceptors (Lipinski definition) is 4. The molecule has 0 saturated heterocycles. The Bertz CT molecular complexity index is 835. The molecule has 1 aromatic heterocycles. The minimum absolute atomic E-state index is 0.0755. The highest BCUT2D eigenvalue weighted by Crippen LogP contribution is 2.15.